The van der Waals surface area contributed by atoms with Crippen molar-refractivity contribution in [2.24, 2.45) is 5.10 Å². The highest BCUT2D eigenvalue weighted by Crippen LogP contribution is 2.43. The highest BCUT2D eigenvalue weighted by molar-refractivity contribution is 9.10. The molecule has 6 nitrogen and oxygen atoms in total. The van der Waals surface area contributed by atoms with E-state index in [4.69, 9.17) is 49.3 Å². The number of aromatic nitrogens is 2. The maximum atomic E-state index is 13.7. The molecule has 1 aliphatic carbocycles. The van der Waals surface area contributed by atoms with Crippen LogP contribution >= 0.6 is 66.7 Å². The molecule has 11 heteroatoms. The van der Waals surface area contributed by atoms with Gasteiger partial charge in [-0.05, 0) is 72.1 Å². The van der Waals surface area contributed by atoms with Gasteiger partial charge in [-0.2, -0.15) is 9.78 Å². The smallest absolute Gasteiger partial charge is 0.282 e. The Morgan fingerprint density at radius 3 is 2.56 bits per heavy atom. The molecule has 0 unspecified atom stereocenters. The molecule has 0 amide bonds. The van der Waals surface area contributed by atoms with Crippen LogP contribution in [0.3, 0.4) is 0 Å². The fourth-order valence-corrected chi connectivity index (χ4v) is 6.38. The van der Waals surface area contributed by atoms with Gasteiger partial charge in [-0.3, -0.25) is 4.79 Å². The molecule has 0 bridgehead atoms. The second-order valence-electron chi connectivity index (χ2n) is 9.71. The normalized spacial score (nSPS) is 14.2. The zero-order chi connectivity index (χ0) is 29.1. The molecule has 3 aromatic carbocycles. The van der Waals surface area contributed by atoms with Crippen LogP contribution in [-0.4, -0.2) is 22.5 Å². The molecular formula is C30H26Br2Cl3N3O3. The quantitative estimate of drug-likeness (QED) is 0.169. The van der Waals surface area contributed by atoms with Crippen LogP contribution in [0.25, 0.3) is 10.9 Å². The zero-order valence-corrected chi connectivity index (χ0v) is 27.5. The summed E-state index contributed by atoms with van der Waals surface area (Å²) in [6.07, 6.45) is 6.93. The lowest BCUT2D eigenvalue weighted by atomic mass is 9.88. The molecule has 5 rings (SSSR count). The lowest BCUT2D eigenvalue weighted by molar-refractivity contribution is 0.269. The van der Waals surface area contributed by atoms with Gasteiger partial charge >= 0.3 is 0 Å². The van der Waals surface area contributed by atoms with Crippen LogP contribution in [0.4, 0.5) is 0 Å². The number of rotatable bonds is 8. The van der Waals surface area contributed by atoms with Crippen LogP contribution < -0.4 is 15.0 Å². The van der Waals surface area contributed by atoms with E-state index in [0.717, 1.165) is 35.7 Å². The first-order valence-electron chi connectivity index (χ1n) is 13.2. The maximum Gasteiger partial charge on any atom is 0.282 e. The Kier molecular flexibility index (Phi) is 9.97. The third-order valence-corrected chi connectivity index (χ3v) is 9.48. The topological polar surface area (TPSA) is 65.7 Å². The molecule has 41 heavy (non-hydrogen) atoms. The predicted molar refractivity (Wildman–Crippen MR) is 174 cm³/mol. The summed E-state index contributed by atoms with van der Waals surface area (Å²) in [5.41, 5.74) is 1.81. The van der Waals surface area contributed by atoms with Crippen molar-refractivity contribution in [3.63, 3.8) is 0 Å². The Hall–Kier alpha value is -2.10. The minimum atomic E-state index is -0.222. The van der Waals surface area contributed by atoms with E-state index in [1.807, 2.05) is 19.1 Å². The molecule has 0 N–H and O–H groups in total. The van der Waals surface area contributed by atoms with Gasteiger partial charge in [0.15, 0.2) is 11.5 Å². The van der Waals surface area contributed by atoms with Crippen molar-refractivity contribution in [1.82, 2.24) is 9.66 Å². The largest absolute Gasteiger partial charge is 0.490 e. The summed E-state index contributed by atoms with van der Waals surface area (Å²) in [5, 5.41) is 6.50. The minimum Gasteiger partial charge on any atom is -0.490 e. The summed E-state index contributed by atoms with van der Waals surface area (Å²) in [4.78, 5) is 18.6. The number of benzene rings is 3. The highest BCUT2D eigenvalue weighted by Gasteiger charge is 2.23. The molecule has 0 atom stereocenters. The molecule has 0 saturated heterocycles. The average Bonchev–Trinajstić information content (AvgIpc) is 2.96. The Bertz CT molecular complexity index is 1690. The average molecular weight is 743 g/mol. The van der Waals surface area contributed by atoms with E-state index in [0.29, 0.717) is 59.9 Å². The third-order valence-electron chi connectivity index (χ3n) is 6.96. The predicted octanol–water partition coefficient (Wildman–Crippen LogP) is 9.79. The lowest BCUT2D eigenvalue weighted by Gasteiger charge is -2.23. The highest BCUT2D eigenvalue weighted by atomic mass is 79.9. The van der Waals surface area contributed by atoms with Crippen LogP contribution in [0.1, 0.15) is 61.9 Å². The number of fused-ring (bicyclic) bond motifs is 1. The summed E-state index contributed by atoms with van der Waals surface area (Å²) in [6, 6.07) is 12.5. The Morgan fingerprint density at radius 1 is 1.05 bits per heavy atom. The second kappa shape index (κ2) is 13.5. The Morgan fingerprint density at radius 2 is 1.83 bits per heavy atom. The van der Waals surface area contributed by atoms with Crippen molar-refractivity contribution < 1.29 is 9.47 Å². The van der Waals surface area contributed by atoms with Crippen LogP contribution in [0.5, 0.6) is 11.5 Å². The Balaban J connectivity index is 1.54. The number of halogens is 5. The minimum absolute atomic E-state index is 0.156. The van der Waals surface area contributed by atoms with Crippen molar-refractivity contribution in [1.29, 1.82) is 0 Å². The van der Waals surface area contributed by atoms with E-state index >= 15 is 0 Å². The molecule has 1 aliphatic rings. The molecule has 1 aromatic heterocycles. The summed E-state index contributed by atoms with van der Waals surface area (Å²) < 4.78 is 14.7. The van der Waals surface area contributed by atoms with E-state index in [1.54, 1.807) is 36.5 Å². The van der Waals surface area contributed by atoms with Gasteiger partial charge < -0.3 is 9.47 Å². The van der Waals surface area contributed by atoms with Crippen molar-refractivity contribution in [2.45, 2.75) is 51.6 Å². The second-order valence-corrected chi connectivity index (χ2v) is 12.6. The van der Waals surface area contributed by atoms with E-state index in [9.17, 15) is 4.79 Å². The van der Waals surface area contributed by atoms with E-state index in [1.165, 1.54) is 11.1 Å². The van der Waals surface area contributed by atoms with E-state index in [-0.39, 0.29) is 18.1 Å². The fraction of sp³-hybridized carbons (Fsp3) is 0.300. The van der Waals surface area contributed by atoms with Crippen molar-refractivity contribution in [3.8, 4) is 11.5 Å². The lowest BCUT2D eigenvalue weighted by Crippen LogP contribution is -2.25. The van der Waals surface area contributed by atoms with Gasteiger partial charge in [-0.1, -0.05) is 76.1 Å². The van der Waals surface area contributed by atoms with Crippen molar-refractivity contribution >= 4 is 83.8 Å². The molecule has 1 heterocycles. The van der Waals surface area contributed by atoms with Gasteiger partial charge in [0.25, 0.3) is 5.56 Å². The third kappa shape index (κ3) is 6.78. The molecule has 1 saturated carbocycles. The van der Waals surface area contributed by atoms with Crippen LogP contribution in [-0.2, 0) is 6.61 Å². The number of nitrogens with zero attached hydrogens (tertiary/aromatic N) is 3. The van der Waals surface area contributed by atoms with E-state index < -0.39 is 0 Å². The van der Waals surface area contributed by atoms with Crippen molar-refractivity contribution in [2.75, 3.05) is 6.61 Å². The molecule has 0 spiro atoms. The van der Waals surface area contributed by atoms with Gasteiger partial charge in [0.1, 0.15) is 17.5 Å². The first-order valence-corrected chi connectivity index (χ1v) is 16.0. The summed E-state index contributed by atoms with van der Waals surface area (Å²) in [5.74, 6) is 1.63. The SMILES string of the molecule is CCOc1cc(C=Nn2c(C3CCCCC3)nc3ccc(Br)cc3c2=O)c(Br)c(Cl)c1OCc1ccc(Cl)cc1Cl. The molecule has 1 fully saturated rings. The first kappa shape index (κ1) is 30.4. The van der Waals surface area contributed by atoms with Gasteiger partial charge in [0, 0.05) is 36.0 Å². The zero-order valence-electron chi connectivity index (χ0n) is 22.1. The summed E-state index contributed by atoms with van der Waals surface area (Å²) in [7, 11) is 0. The molecular weight excluding hydrogens is 717 g/mol. The first-order chi connectivity index (χ1) is 19.8. The van der Waals surface area contributed by atoms with Gasteiger partial charge in [-0.15, -0.1) is 0 Å². The molecule has 0 aliphatic heterocycles. The maximum absolute atomic E-state index is 13.7. The van der Waals surface area contributed by atoms with Crippen LogP contribution in [0, 0.1) is 0 Å². The summed E-state index contributed by atoms with van der Waals surface area (Å²) in [6.45, 7) is 2.42. The number of hydrogen-bond acceptors (Lipinski definition) is 5. The van der Waals surface area contributed by atoms with Crippen LogP contribution in [0.2, 0.25) is 15.1 Å². The Labute approximate surface area is 269 Å². The molecule has 4 aromatic rings. The molecule has 0 radical (unpaired) electrons. The van der Waals surface area contributed by atoms with Crippen LogP contribution in [0.15, 0.2) is 61.3 Å². The fourth-order valence-electron chi connectivity index (χ4n) is 4.91. The van der Waals surface area contributed by atoms with Crippen molar-refractivity contribution in [3.05, 3.63) is 93.8 Å². The van der Waals surface area contributed by atoms with E-state index in [2.05, 4.69) is 37.0 Å². The molecule has 214 valence electrons. The van der Waals surface area contributed by atoms with Gasteiger partial charge in [0.05, 0.1) is 23.7 Å². The van der Waals surface area contributed by atoms with Gasteiger partial charge in [-0.25, -0.2) is 4.98 Å². The monoisotopic (exact) mass is 739 g/mol. The standard InChI is InChI=1S/C30H26Br2Cl3N3O3/c1-2-40-25-12-19(26(32)27(35)28(25)41-16-18-8-10-21(33)14-23(18)34)15-36-38-29(17-6-4-3-5-7-17)37-24-11-9-20(31)13-22(24)30(38)39/h8-15,17H,2-7,16H2,1H3. The number of hydrogen-bond donors (Lipinski definition) is 0. The number of ether oxygens (including phenoxy) is 2. The summed E-state index contributed by atoms with van der Waals surface area (Å²) >= 11 is 26.2. The van der Waals surface area contributed by atoms with Gasteiger partial charge in [0.2, 0.25) is 0 Å².